The summed E-state index contributed by atoms with van der Waals surface area (Å²) >= 11 is 0. The van der Waals surface area contributed by atoms with Crippen molar-refractivity contribution in [2.24, 2.45) is 0 Å². The van der Waals surface area contributed by atoms with Crippen LogP contribution in [0.25, 0.3) is 28.1 Å². The molecule has 0 unspecified atom stereocenters. The Kier molecular flexibility index (Phi) is 4.65. The molecule has 3 nitrogen and oxygen atoms in total. The van der Waals surface area contributed by atoms with Crippen molar-refractivity contribution in [1.82, 2.24) is 9.78 Å². The van der Waals surface area contributed by atoms with Crippen LogP contribution in [0.2, 0.25) is 0 Å². The molecule has 1 N–H and O–H groups in total. The molecular weight excluding hydrogens is 354 g/mol. The van der Waals surface area contributed by atoms with E-state index >= 15 is 0 Å². The molecule has 144 valence electrons. The number of aromatic nitrogens is 2. The zero-order chi connectivity index (χ0) is 19.6. The van der Waals surface area contributed by atoms with Crippen LogP contribution >= 0.6 is 0 Å². The van der Waals surface area contributed by atoms with Crippen LogP contribution in [0.4, 0.5) is 5.82 Å². The molecule has 0 spiro atoms. The van der Waals surface area contributed by atoms with Crippen molar-refractivity contribution in [2.45, 2.75) is 26.2 Å². The first-order chi connectivity index (χ1) is 14.3. The molecule has 0 bridgehead atoms. The van der Waals surface area contributed by atoms with Gasteiger partial charge in [-0.3, -0.25) is 0 Å². The minimum atomic E-state index is 0.997. The standard InChI is InChI=1S/C26H25N3/c1-19-8-7-11-23(18-19)29-26-24(12-5-6-17-27-26)25(28-29)22-15-13-21(14-16-22)20-9-3-2-4-10-20/h2-4,7-11,13-16,18,27H,5-6,12,17H2,1H3. The monoisotopic (exact) mass is 379 g/mol. The summed E-state index contributed by atoms with van der Waals surface area (Å²) in [7, 11) is 0. The number of anilines is 1. The highest BCUT2D eigenvalue weighted by Gasteiger charge is 2.21. The molecule has 0 saturated heterocycles. The minimum absolute atomic E-state index is 0.997. The normalized spacial score (nSPS) is 13.4. The van der Waals surface area contributed by atoms with Crippen LogP contribution in [-0.2, 0) is 6.42 Å². The number of hydrogen-bond donors (Lipinski definition) is 1. The maximum Gasteiger partial charge on any atom is 0.133 e. The van der Waals surface area contributed by atoms with Gasteiger partial charge in [0.1, 0.15) is 5.82 Å². The van der Waals surface area contributed by atoms with Gasteiger partial charge >= 0.3 is 0 Å². The van der Waals surface area contributed by atoms with E-state index in [1.54, 1.807) is 0 Å². The lowest BCUT2D eigenvalue weighted by atomic mass is 10.00. The lowest BCUT2D eigenvalue weighted by molar-refractivity contribution is 0.780. The molecule has 2 heterocycles. The average Bonchev–Trinajstić information content (AvgIpc) is 2.95. The number of fused-ring (bicyclic) bond motifs is 1. The van der Waals surface area contributed by atoms with Crippen molar-refractivity contribution in [3.8, 4) is 28.1 Å². The Hall–Kier alpha value is -3.33. The molecule has 3 aromatic carbocycles. The van der Waals surface area contributed by atoms with E-state index < -0.39 is 0 Å². The van der Waals surface area contributed by atoms with Crippen molar-refractivity contribution in [1.29, 1.82) is 0 Å². The van der Waals surface area contributed by atoms with Crippen molar-refractivity contribution in [3.05, 3.63) is 90.0 Å². The fraction of sp³-hybridized carbons (Fsp3) is 0.192. The quantitative estimate of drug-likeness (QED) is 0.455. The maximum absolute atomic E-state index is 5.07. The van der Waals surface area contributed by atoms with Gasteiger partial charge in [0.05, 0.1) is 11.4 Å². The molecule has 1 aliphatic heterocycles. The fourth-order valence-corrected chi connectivity index (χ4v) is 4.13. The van der Waals surface area contributed by atoms with Gasteiger partial charge in [0.2, 0.25) is 0 Å². The summed E-state index contributed by atoms with van der Waals surface area (Å²) in [5.41, 5.74) is 8.43. The highest BCUT2D eigenvalue weighted by Crippen LogP contribution is 2.35. The van der Waals surface area contributed by atoms with E-state index in [2.05, 4.69) is 95.8 Å². The summed E-state index contributed by atoms with van der Waals surface area (Å²) in [6.45, 7) is 3.12. The van der Waals surface area contributed by atoms with E-state index in [0.717, 1.165) is 30.2 Å². The molecule has 29 heavy (non-hydrogen) atoms. The Balaban J connectivity index is 1.60. The molecule has 0 fully saturated rings. The molecule has 0 atom stereocenters. The van der Waals surface area contributed by atoms with E-state index in [-0.39, 0.29) is 0 Å². The summed E-state index contributed by atoms with van der Waals surface area (Å²) < 4.78 is 2.09. The van der Waals surface area contributed by atoms with Crippen molar-refractivity contribution < 1.29 is 0 Å². The largest absolute Gasteiger partial charge is 0.370 e. The number of nitrogens with zero attached hydrogens (tertiary/aromatic N) is 2. The predicted octanol–water partition coefficient (Wildman–Crippen LogP) is 6.26. The molecule has 1 aromatic heterocycles. The van der Waals surface area contributed by atoms with Gasteiger partial charge in [-0.2, -0.15) is 5.10 Å². The van der Waals surface area contributed by atoms with E-state index in [1.807, 2.05) is 0 Å². The molecule has 3 heteroatoms. The first kappa shape index (κ1) is 17.7. The van der Waals surface area contributed by atoms with Gasteiger partial charge in [-0.1, -0.05) is 66.7 Å². The molecule has 0 aliphatic carbocycles. The second-order valence-corrected chi connectivity index (χ2v) is 7.75. The Morgan fingerprint density at radius 1 is 0.793 bits per heavy atom. The SMILES string of the molecule is Cc1cccc(-n2nc(-c3ccc(-c4ccccc4)cc3)c3c2NCCCC3)c1. The Labute approximate surface area is 172 Å². The molecule has 1 aliphatic rings. The van der Waals surface area contributed by atoms with Crippen LogP contribution in [0.3, 0.4) is 0 Å². The predicted molar refractivity (Wildman–Crippen MR) is 121 cm³/mol. The van der Waals surface area contributed by atoms with Crippen LogP contribution < -0.4 is 5.32 Å². The lowest BCUT2D eigenvalue weighted by Crippen LogP contribution is -2.07. The van der Waals surface area contributed by atoms with Crippen molar-refractivity contribution in [3.63, 3.8) is 0 Å². The fourth-order valence-electron chi connectivity index (χ4n) is 4.13. The van der Waals surface area contributed by atoms with Crippen LogP contribution in [0, 0.1) is 6.92 Å². The van der Waals surface area contributed by atoms with Gasteiger partial charge in [0, 0.05) is 17.7 Å². The van der Waals surface area contributed by atoms with E-state index in [4.69, 9.17) is 5.10 Å². The zero-order valence-corrected chi connectivity index (χ0v) is 16.7. The number of hydrogen-bond acceptors (Lipinski definition) is 2. The van der Waals surface area contributed by atoms with E-state index in [1.165, 1.54) is 40.7 Å². The van der Waals surface area contributed by atoms with Gasteiger partial charge in [-0.05, 0) is 55.0 Å². The lowest BCUT2D eigenvalue weighted by Gasteiger charge is -2.09. The first-order valence-corrected chi connectivity index (χ1v) is 10.4. The van der Waals surface area contributed by atoms with Crippen molar-refractivity contribution >= 4 is 5.82 Å². The molecular formula is C26H25N3. The summed E-state index contributed by atoms with van der Waals surface area (Å²) in [5.74, 6) is 1.15. The maximum atomic E-state index is 5.07. The Bertz CT molecular complexity index is 1120. The Morgan fingerprint density at radius 2 is 1.55 bits per heavy atom. The van der Waals surface area contributed by atoms with Gasteiger partial charge in [-0.25, -0.2) is 4.68 Å². The summed E-state index contributed by atoms with van der Waals surface area (Å²) in [4.78, 5) is 0. The second kappa shape index (κ2) is 7.59. The smallest absolute Gasteiger partial charge is 0.133 e. The molecule has 5 rings (SSSR count). The third-order valence-electron chi connectivity index (χ3n) is 5.64. The van der Waals surface area contributed by atoms with Crippen LogP contribution in [0.1, 0.15) is 24.0 Å². The van der Waals surface area contributed by atoms with Gasteiger partial charge in [-0.15, -0.1) is 0 Å². The second-order valence-electron chi connectivity index (χ2n) is 7.75. The van der Waals surface area contributed by atoms with Crippen LogP contribution in [0.15, 0.2) is 78.9 Å². The van der Waals surface area contributed by atoms with Crippen LogP contribution in [-0.4, -0.2) is 16.3 Å². The number of benzene rings is 3. The molecule has 0 amide bonds. The molecule has 0 saturated carbocycles. The minimum Gasteiger partial charge on any atom is -0.370 e. The summed E-state index contributed by atoms with van der Waals surface area (Å²) in [6, 6.07) is 27.9. The number of aryl methyl sites for hydroxylation is 1. The topological polar surface area (TPSA) is 29.9 Å². The van der Waals surface area contributed by atoms with E-state index in [9.17, 15) is 0 Å². The number of nitrogens with one attached hydrogen (secondary N) is 1. The molecule has 4 aromatic rings. The van der Waals surface area contributed by atoms with Gasteiger partial charge < -0.3 is 5.32 Å². The van der Waals surface area contributed by atoms with Crippen LogP contribution in [0.5, 0.6) is 0 Å². The van der Waals surface area contributed by atoms with Gasteiger partial charge in [0.15, 0.2) is 0 Å². The molecule has 0 radical (unpaired) electrons. The third kappa shape index (κ3) is 3.44. The summed E-state index contributed by atoms with van der Waals surface area (Å²) in [5, 5.41) is 8.71. The highest BCUT2D eigenvalue weighted by atomic mass is 15.3. The average molecular weight is 380 g/mol. The Morgan fingerprint density at radius 3 is 2.34 bits per heavy atom. The number of rotatable bonds is 3. The van der Waals surface area contributed by atoms with E-state index in [0.29, 0.717) is 0 Å². The van der Waals surface area contributed by atoms with Crippen molar-refractivity contribution in [2.75, 3.05) is 11.9 Å². The first-order valence-electron chi connectivity index (χ1n) is 10.4. The summed E-state index contributed by atoms with van der Waals surface area (Å²) in [6.07, 6.45) is 3.44. The third-order valence-corrected chi connectivity index (χ3v) is 5.64. The van der Waals surface area contributed by atoms with Gasteiger partial charge in [0.25, 0.3) is 0 Å². The zero-order valence-electron chi connectivity index (χ0n) is 16.7. The highest BCUT2D eigenvalue weighted by molar-refractivity contribution is 5.74.